The summed E-state index contributed by atoms with van der Waals surface area (Å²) >= 11 is 1.47. The van der Waals surface area contributed by atoms with Gasteiger partial charge < -0.3 is 10.1 Å². The Labute approximate surface area is 155 Å². The molecule has 0 spiro atoms. The highest BCUT2D eigenvalue weighted by Crippen LogP contribution is 2.25. The van der Waals surface area contributed by atoms with Crippen molar-refractivity contribution in [2.45, 2.75) is 42.7 Å². The molecule has 7 heteroatoms. The van der Waals surface area contributed by atoms with Crippen molar-refractivity contribution < 1.29 is 18.3 Å². The molecule has 1 fully saturated rings. The molecule has 26 heavy (non-hydrogen) atoms. The first-order chi connectivity index (χ1) is 12.6. The molecule has 0 aliphatic heterocycles. The number of thioether (sulfide) groups is 1. The van der Waals surface area contributed by atoms with Gasteiger partial charge in [-0.3, -0.25) is 9.78 Å². The van der Waals surface area contributed by atoms with Gasteiger partial charge in [-0.25, -0.2) is 8.78 Å². The highest BCUT2D eigenvalue weighted by atomic mass is 32.2. The van der Waals surface area contributed by atoms with Gasteiger partial charge in [-0.05, 0) is 37.8 Å². The van der Waals surface area contributed by atoms with E-state index in [-0.39, 0.29) is 23.8 Å². The van der Waals surface area contributed by atoms with Crippen molar-refractivity contribution in [3.05, 3.63) is 54.4 Å². The van der Waals surface area contributed by atoms with Crippen LogP contribution >= 0.6 is 11.8 Å². The lowest BCUT2D eigenvalue weighted by Crippen LogP contribution is -2.40. The minimum Gasteiger partial charge on any atom is -0.490 e. The molecule has 0 saturated heterocycles. The minimum atomic E-state index is -0.646. The number of halogens is 2. The Balaban J connectivity index is 1.40. The number of nitrogens with zero attached hydrogens (tertiary/aromatic N) is 1. The number of benzene rings is 1. The molecule has 0 radical (unpaired) electrons. The van der Waals surface area contributed by atoms with E-state index < -0.39 is 11.6 Å². The fourth-order valence-electron chi connectivity index (χ4n) is 2.97. The molecule has 0 atom stereocenters. The molecule has 4 nitrogen and oxygen atoms in total. The van der Waals surface area contributed by atoms with Crippen LogP contribution in [-0.4, -0.2) is 28.8 Å². The smallest absolute Gasteiger partial charge is 0.230 e. The van der Waals surface area contributed by atoms with E-state index in [9.17, 15) is 13.6 Å². The maximum Gasteiger partial charge on any atom is 0.230 e. The molecule has 1 aromatic carbocycles. The van der Waals surface area contributed by atoms with Gasteiger partial charge in [0, 0.05) is 41.5 Å². The van der Waals surface area contributed by atoms with E-state index in [4.69, 9.17) is 4.74 Å². The molecule has 0 unspecified atom stereocenters. The number of aromatic nitrogens is 1. The predicted molar refractivity (Wildman–Crippen MR) is 96.1 cm³/mol. The summed E-state index contributed by atoms with van der Waals surface area (Å²) in [6.07, 6.45) is 6.36. The van der Waals surface area contributed by atoms with Gasteiger partial charge >= 0.3 is 0 Å². The number of carbonyl (C=O) groups excluding carboxylic acids is 1. The standard InChI is InChI=1S/C19H20F2N2O2S/c20-13-9-14(21)11-17(10-13)25-16-3-1-15(2-4-16)23-19(24)12-26-18-5-7-22-8-6-18/h5-11,15-16H,1-4,12H2,(H,23,24). The molecule has 1 heterocycles. The fraction of sp³-hybridized carbons (Fsp3) is 0.368. The van der Waals surface area contributed by atoms with Crippen LogP contribution in [0.15, 0.2) is 47.6 Å². The Morgan fingerprint density at radius 3 is 2.42 bits per heavy atom. The van der Waals surface area contributed by atoms with E-state index >= 15 is 0 Å². The fourth-order valence-corrected chi connectivity index (χ4v) is 3.66. The lowest BCUT2D eigenvalue weighted by Gasteiger charge is -2.29. The van der Waals surface area contributed by atoms with Crippen molar-refractivity contribution in [3.63, 3.8) is 0 Å². The van der Waals surface area contributed by atoms with E-state index in [2.05, 4.69) is 10.3 Å². The molecule has 0 bridgehead atoms. The third-order valence-corrected chi connectivity index (χ3v) is 5.21. The summed E-state index contributed by atoms with van der Waals surface area (Å²) in [6.45, 7) is 0. The van der Waals surface area contributed by atoms with E-state index in [1.54, 1.807) is 12.4 Å². The van der Waals surface area contributed by atoms with Crippen molar-refractivity contribution in [2.75, 3.05) is 5.75 Å². The molecule has 1 saturated carbocycles. The second-order valence-corrected chi connectivity index (χ2v) is 7.28. The molecule has 138 valence electrons. The van der Waals surface area contributed by atoms with Crippen LogP contribution in [0.2, 0.25) is 0 Å². The molecule has 1 amide bonds. The zero-order valence-corrected chi connectivity index (χ0v) is 15.0. The first-order valence-electron chi connectivity index (χ1n) is 8.53. The number of amides is 1. The zero-order chi connectivity index (χ0) is 18.4. The quantitative estimate of drug-likeness (QED) is 0.773. The number of hydrogen-bond donors (Lipinski definition) is 1. The lowest BCUT2D eigenvalue weighted by molar-refractivity contribution is -0.119. The van der Waals surface area contributed by atoms with Gasteiger partial charge in [0.15, 0.2) is 0 Å². The Morgan fingerprint density at radius 1 is 1.12 bits per heavy atom. The number of nitrogens with one attached hydrogen (secondary N) is 1. The summed E-state index contributed by atoms with van der Waals surface area (Å²) in [5.74, 6) is -0.712. The maximum absolute atomic E-state index is 13.2. The van der Waals surface area contributed by atoms with Crippen LogP contribution < -0.4 is 10.1 Å². The summed E-state index contributed by atoms with van der Waals surface area (Å²) < 4.78 is 32.1. The van der Waals surface area contributed by atoms with E-state index in [0.717, 1.165) is 36.6 Å². The number of hydrogen-bond acceptors (Lipinski definition) is 4. The van der Waals surface area contributed by atoms with Crippen molar-refractivity contribution in [2.24, 2.45) is 0 Å². The molecule has 1 aliphatic rings. The molecule has 2 aromatic rings. The molecule has 1 N–H and O–H groups in total. The normalized spacial score (nSPS) is 19.8. The van der Waals surface area contributed by atoms with Gasteiger partial charge in [-0.2, -0.15) is 0 Å². The van der Waals surface area contributed by atoms with Gasteiger partial charge in [-0.15, -0.1) is 11.8 Å². The summed E-state index contributed by atoms with van der Waals surface area (Å²) in [4.78, 5) is 17.0. The van der Waals surface area contributed by atoms with Crippen LogP contribution in [0.5, 0.6) is 5.75 Å². The highest BCUT2D eigenvalue weighted by molar-refractivity contribution is 8.00. The van der Waals surface area contributed by atoms with Crippen molar-refractivity contribution >= 4 is 17.7 Å². The number of rotatable bonds is 6. The summed E-state index contributed by atoms with van der Waals surface area (Å²) in [6, 6.07) is 7.06. The van der Waals surface area contributed by atoms with Crippen LogP contribution in [0.25, 0.3) is 0 Å². The third kappa shape index (κ3) is 5.69. The first kappa shape index (κ1) is 18.6. The van der Waals surface area contributed by atoms with Gasteiger partial charge in [0.25, 0.3) is 0 Å². The van der Waals surface area contributed by atoms with Crippen molar-refractivity contribution in [3.8, 4) is 5.75 Å². The lowest BCUT2D eigenvalue weighted by atomic mass is 9.93. The minimum absolute atomic E-state index is 0.00313. The largest absolute Gasteiger partial charge is 0.490 e. The molecular formula is C19H20F2N2O2S. The van der Waals surface area contributed by atoms with Crippen LogP contribution in [0.1, 0.15) is 25.7 Å². The summed E-state index contributed by atoms with van der Waals surface area (Å²) in [7, 11) is 0. The van der Waals surface area contributed by atoms with Gasteiger partial charge in [0.1, 0.15) is 17.4 Å². The Hall–Kier alpha value is -2.15. The number of pyridine rings is 1. The average molecular weight is 378 g/mol. The first-order valence-corrected chi connectivity index (χ1v) is 9.52. The number of ether oxygens (including phenoxy) is 1. The molecule has 3 rings (SSSR count). The second kappa shape index (κ2) is 8.98. The van der Waals surface area contributed by atoms with Gasteiger partial charge in [0.05, 0.1) is 11.9 Å². The third-order valence-electron chi connectivity index (χ3n) is 4.20. The Morgan fingerprint density at radius 2 is 1.77 bits per heavy atom. The monoisotopic (exact) mass is 378 g/mol. The Bertz CT molecular complexity index is 717. The second-order valence-electron chi connectivity index (χ2n) is 6.24. The topological polar surface area (TPSA) is 51.2 Å². The van der Waals surface area contributed by atoms with Crippen molar-refractivity contribution in [1.82, 2.24) is 10.3 Å². The molecular weight excluding hydrogens is 358 g/mol. The van der Waals surface area contributed by atoms with Crippen molar-refractivity contribution in [1.29, 1.82) is 0 Å². The maximum atomic E-state index is 13.2. The molecule has 1 aliphatic carbocycles. The highest BCUT2D eigenvalue weighted by Gasteiger charge is 2.24. The number of carbonyl (C=O) groups is 1. The van der Waals surface area contributed by atoms with E-state index in [1.165, 1.54) is 23.9 Å². The SMILES string of the molecule is O=C(CSc1ccncc1)NC1CCC(Oc2cc(F)cc(F)c2)CC1. The van der Waals surface area contributed by atoms with Gasteiger partial charge in [-0.1, -0.05) is 0 Å². The van der Waals surface area contributed by atoms with Crippen LogP contribution in [0, 0.1) is 11.6 Å². The van der Waals surface area contributed by atoms with E-state index in [0.29, 0.717) is 5.75 Å². The Kier molecular flexibility index (Phi) is 6.44. The molecule has 1 aromatic heterocycles. The zero-order valence-electron chi connectivity index (χ0n) is 14.2. The van der Waals surface area contributed by atoms with Crippen LogP contribution in [0.3, 0.4) is 0 Å². The van der Waals surface area contributed by atoms with Gasteiger partial charge in [0.2, 0.25) is 5.91 Å². The summed E-state index contributed by atoms with van der Waals surface area (Å²) in [5, 5.41) is 3.04. The van der Waals surface area contributed by atoms with E-state index in [1.807, 2.05) is 12.1 Å². The van der Waals surface area contributed by atoms with Crippen LogP contribution in [-0.2, 0) is 4.79 Å². The average Bonchev–Trinajstić information content (AvgIpc) is 2.62. The van der Waals surface area contributed by atoms with Crippen LogP contribution in [0.4, 0.5) is 8.78 Å². The summed E-state index contributed by atoms with van der Waals surface area (Å²) in [5.41, 5.74) is 0. The predicted octanol–water partition coefficient (Wildman–Crippen LogP) is 3.96.